The molecule has 0 heterocycles. The van der Waals surface area contributed by atoms with Crippen LogP contribution in [-0.2, 0) is 26.2 Å². The molecule has 1 aromatic carbocycles. The fourth-order valence-electron chi connectivity index (χ4n) is 1.46. The van der Waals surface area contributed by atoms with Crippen molar-refractivity contribution >= 4 is 16.0 Å². The Morgan fingerprint density at radius 3 is 2.60 bits per heavy atom. The van der Waals surface area contributed by atoms with Crippen molar-refractivity contribution in [2.24, 2.45) is 0 Å². The minimum atomic E-state index is -3.50. The summed E-state index contributed by atoms with van der Waals surface area (Å²) >= 11 is 0. The molecule has 0 spiro atoms. The summed E-state index contributed by atoms with van der Waals surface area (Å²) in [6.45, 7) is 1.18. The maximum atomic E-state index is 11.4. The smallest absolute Gasteiger partial charge is 0.304 e. The predicted octanol–water partition coefficient (Wildman–Crippen LogP) is 0.987. The zero-order chi connectivity index (χ0) is 14.8. The number of hydrogen-bond acceptors (Lipinski definition) is 4. The zero-order valence-electron chi connectivity index (χ0n) is 11.1. The topological polar surface area (TPSA) is 92.7 Å². The first kappa shape index (κ1) is 16.6. The molecule has 1 rings (SSSR count). The van der Waals surface area contributed by atoms with Crippen molar-refractivity contribution in [3.8, 4) is 0 Å². The van der Waals surface area contributed by atoms with E-state index < -0.39 is 21.7 Å². The highest BCUT2D eigenvalue weighted by Gasteiger charge is 2.11. The molecular formula is C13H19NO5S. The van der Waals surface area contributed by atoms with Crippen LogP contribution >= 0.6 is 0 Å². The molecule has 0 unspecified atom stereocenters. The van der Waals surface area contributed by atoms with Crippen molar-refractivity contribution in [1.82, 2.24) is 4.72 Å². The third-order valence-electron chi connectivity index (χ3n) is 2.48. The molecule has 0 aliphatic carbocycles. The van der Waals surface area contributed by atoms with Crippen LogP contribution in [-0.4, -0.2) is 38.4 Å². The molecule has 0 saturated carbocycles. The number of ether oxygens (including phenoxy) is 1. The van der Waals surface area contributed by atoms with Gasteiger partial charge in [-0.3, -0.25) is 4.79 Å². The summed E-state index contributed by atoms with van der Waals surface area (Å²) in [5, 5.41) is 8.41. The van der Waals surface area contributed by atoms with Crippen LogP contribution in [0.15, 0.2) is 30.3 Å². The molecule has 1 aromatic rings. The molecule has 7 heteroatoms. The van der Waals surface area contributed by atoms with Gasteiger partial charge >= 0.3 is 5.97 Å². The molecule has 2 N–H and O–H groups in total. The molecule has 0 atom stereocenters. The Balaban J connectivity index is 2.08. The highest BCUT2D eigenvalue weighted by Crippen LogP contribution is 2.00. The van der Waals surface area contributed by atoms with Crippen LogP contribution in [0.3, 0.4) is 0 Å². The average molecular weight is 301 g/mol. The van der Waals surface area contributed by atoms with E-state index in [-0.39, 0.29) is 13.0 Å². The summed E-state index contributed by atoms with van der Waals surface area (Å²) in [6.07, 6.45) is 0.152. The second-order valence-electron chi connectivity index (χ2n) is 4.25. The van der Waals surface area contributed by atoms with E-state index in [0.717, 1.165) is 5.56 Å². The van der Waals surface area contributed by atoms with Gasteiger partial charge < -0.3 is 9.84 Å². The lowest BCUT2D eigenvalue weighted by molar-refractivity contribution is -0.136. The molecule has 0 bridgehead atoms. The van der Waals surface area contributed by atoms with E-state index >= 15 is 0 Å². The maximum Gasteiger partial charge on any atom is 0.304 e. The first-order valence-electron chi connectivity index (χ1n) is 6.30. The van der Waals surface area contributed by atoms with Crippen molar-refractivity contribution in [1.29, 1.82) is 0 Å². The molecule has 0 aromatic heterocycles. The van der Waals surface area contributed by atoms with E-state index in [0.29, 0.717) is 19.6 Å². The maximum absolute atomic E-state index is 11.4. The van der Waals surface area contributed by atoms with E-state index in [2.05, 4.69) is 4.72 Å². The zero-order valence-corrected chi connectivity index (χ0v) is 11.9. The van der Waals surface area contributed by atoms with E-state index in [9.17, 15) is 13.2 Å². The number of hydrogen-bond donors (Lipinski definition) is 2. The largest absolute Gasteiger partial charge is 0.481 e. The molecular weight excluding hydrogens is 282 g/mol. The van der Waals surface area contributed by atoms with Crippen LogP contribution in [0.1, 0.15) is 18.4 Å². The minimum absolute atomic E-state index is 0.247. The van der Waals surface area contributed by atoms with Crippen molar-refractivity contribution in [2.45, 2.75) is 19.4 Å². The molecule has 20 heavy (non-hydrogen) atoms. The van der Waals surface area contributed by atoms with Crippen molar-refractivity contribution in [3.05, 3.63) is 35.9 Å². The Hall–Kier alpha value is -1.44. The third kappa shape index (κ3) is 7.88. The first-order valence-corrected chi connectivity index (χ1v) is 7.95. The summed E-state index contributed by atoms with van der Waals surface area (Å²) in [6, 6.07) is 9.68. The average Bonchev–Trinajstić information content (AvgIpc) is 2.42. The van der Waals surface area contributed by atoms with Gasteiger partial charge in [0.15, 0.2) is 0 Å². The van der Waals surface area contributed by atoms with Crippen LogP contribution < -0.4 is 4.72 Å². The summed E-state index contributed by atoms with van der Waals surface area (Å²) in [5.74, 6) is -1.52. The molecule has 0 amide bonds. The Morgan fingerprint density at radius 2 is 1.95 bits per heavy atom. The van der Waals surface area contributed by atoms with Gasteiger partial charge in [0.2, 0.25) is 10.0 Å². The number of sulfonamides is 1. The molecule has 0 fully saturated rings. The lowest BCUT2D eigenvalue weighted by Gasteiger charge is -2.06. The number of nitrogens with one attached hydrogen (secondary N) is 1. The lowest BCUT2D eigenvalue weighted by atomic mass is 10.2. The van der Waals surface area contributed by atoms with E-state index in [4.69, 9.17) is 9.84 Å². The van der Waals surface area contributed by atoms with Gasteiger partial charge in [-0.2, -0.15) is 0 Å². The Labute approximate surface area is 118 Å². The lowest BCUT2D eigenvalue weighted by Crippen LogP contribution is -2.28. The standard InChI is InChI=1S/C13H19NO5S/c15-13(16)7-10-20(17,18)14-8-4-9-19-11-12-5-2-1-3-6-12/h1-3,5-6,14H,4,7-11H2,(H,15,16). The van der Waals surface area contributed by atoms with Gasteiger partial charge in [0, 0.05) is 13.2 Å². The van der Waals surface area contributed by atoms with Crippen LogP contribution in [0.25, 0.3) is 0 Å². The normalized spacial score (nSPS) is 11.4. The SMILES string of the molecule is O=C(O)CCS(=O)(=O)NCCCOCc1ccccc1. The number of carbonyl (C=O) groups is 1. The van der Waals surface area contributed by atoms with Gasteiger partial charge in [0.25, 0.3) is 0 Å². The Bertz CT molecular complexity index is 501. The van der Waals surface area contributed by atoms with Crippen molar-refractivity contribution in [2.75, 3.05) is 18.9 Å². The van der Waals surface area contributed by atoms with E-state index in [1.165, 1.54) is 0 Å². The fourth-order valence-corrected chi connectivity index (χ4v) is 2.50. The molecule has 112 valence electrons. The van der Waals surface area contributed by atoms with Gasteiger partial charge in [-0.05, 0) is 12.0 Å². The number of aliphatic carboxylic acids is 1. The number of carboxylic acid groups (broad SMARTS) is 1. The molecule has 6 nitrogen and oxygen atoms in total. The van der Waals surface area contributed by atoms with E-state index in [1.54, 1.807) is 0 Å². The van der Waals surface area contributed by atoms with Gasteiger partial charge in [0.1, 0.15) is 0 Å². The van der Waals surface area contributed by atoms with Gasteiger partial charge in [-0.25, -0.2) is 13.1 Å². The van der Waals surface area contributed by atoms with Gasteiger partial charge in [-0.1, -0.05) is 30.3 Å². The van der Waals surface area contributed by atoms with Crippen LogP contribution in [0.4, 0.5) is 0 Å². The monoisotopic (exact) mass is 301 g/mol. The van der Waals surface area contributed by atoms with Crippen LogP contribution in [0, 0.1) is 0 Å². The highest BCUT2D eigenvalue weighted by atomic mass is 32.2. The molecule has 0 aliphatic rings. The Morgan fingerprint density at radius 1 is 1.25 bits per heavy atom. The first-order chi connectivity index (χ1) is 9.49. The van der Waals surface area contributed by atoms with Crippen molar-refractivity contribution in [3.63, 3.8) is 0 Å². The quantitative estimate of drug-likeness (QED) is 0.629. The van der Waals surface area contributed by atoms with Gasteiger partial charge in [-0.15, -0.1) is 0 Å². The molecule has 0 saturated heterocycles. The number of carboxylic acids is 1. The Kier molecular flexibility index (Phi) is 7.21. The highest BCUT2D eigenvalue weighted by molar-refractivity contribution is 7.89. The third-order valence-corrected chi connectivity index (χ3v) is 3.87. The molecule has 0 radical (unpaired) electrons. The molecule has 0 aliphatic heterocycles. The predicted molar refractivity (Wildman–Crippen MR) is 74.8 cm³/mol. The van der Waals surface area contributed by atoms with Crippen LogP contribution in [0.2, 0.25) is 0 Å². The van der Waals surface area contributed by atoms with Crippen molar-refractivity contribution < 1.29 is 23.1 Å². The second-order valence-corrected chi connectivity index (χ2v) is 6.18. The fraction of sp³-hybridized carbons (Fsp3) is 0.462. The van der Waals surface area contributed by atoms with Gasteiger partial charge in [0.05, 0.1) is 18.8 Å². The summed E-state index contributed by atoms with van der Waals surface area (Å²) < 4.78 is 30.5. The number of benzene rings is 1. The van der Waals surface area contributed by atoms with E-state index in [1.807, 2.05) is 30.3 Å². The minimum Gasteiger partial charge on any atom is -0.481 e. The summed E-state index contributed by atoms with van der Waals surface area (Å²) in [4.78, 5) is 10.3. The summed E-state index contributed by atoms with van der Waals surface area (Å²) in [5.41, 5.74) is 1.06. The summed E-state index contributed by atoms with van der Waals surface area (Å²) in [7, 11) is -3.50. The van der Waals surface area contributed by atoms with Crippen LogP contribution in [0.5, 0.6) is 0 Å². The number of rotatable bonds is 10. The second kappa shape index (κ2) is 8.68.